The Morgan fingerprint density at radius 1 is 1.13 bits per heavy atom. The number of likely N-dealkylation sites (tertiary alicyclic amines) is 1. The number of carbonyl (C=O) groups is 1. The third kappa shape index (κ3) is 3.44. The quantitative estimate of drug-likeness (QED) is 0.461. The van der Waals surface area contributed by atoms with Crippen LogP contribution in [0.3, 0.4) is 0 Å². The summed E-state index contributed by atoms with van der Waals surface area (Å²) >= 11 is 0. The first-order valence-electron chi connectivity index (χ1n) is 10.4. The van der Waals surface area contributed by atoms with Gasteiger partial charge in [0.25, 0.3) is 5.91 Å². The van der Waals surface area contributed by atoms with Crippen LogP contribution in [0.1, 0.15) is 40.7 Å². The van der Waals surface area contributed by atoms with Crippen molar-refractivity contribution in [3.63, 3.8) is 0 Å². The summed E-state index contributed by atoms with van der Waals surface area (Å²) in [6.07, 6.45) is 3.65. The highest BCUT2D eigenvalue weighted by Crippen LogP contribution is 2.36. The fourth-order valence-electron chi connectivity index (χ4n) is 4.41. The smallest absolute Gasteiger partial charge is 0.255 e. The molecule has 0 bridgehead atoms. The van der Waals surface area contributed by atoms with E-state index in [1.165, 1.54) is 0 Å². The minimum atomic E-state index is -0.0471. The van der Waals surface area contributed by atoms with E-state index in [0.29, 0.717) is 18.0 Å². The number of nitrogens with zero attached hydrogens (tertiary/aromatic N) is 3. The summed E-state index contributed by atoms with van der Waals surface area (Å²) in [5, 5.41) is 6.12. The molecule has 6 nitrogen and oxygen atoms in total. The van der Waals surface area contributed by atoms with Crippen molar-refractivity contribution in [2.45, 2.75) is 25.8 Å². The monoisotopic (exact) mass is 413 g/mol. The largest absolute Gasteiger partial charge is 0.481 e. The van der Waals surface area contributed by atoms with Crippen molar-refractivity contribution in [3.05, 3.63) is 77.8 Å². The number of hydrogen-bond acceptors (Lipinski definition) is 5. The lowest BCUT2D eigenvalue weighted by molar-refractivity contribution is 0.0733. The van der Waals surface area contributed by atoms with E-state index in [1.807, 2.05) is 66.4 Å². The molecule has 0 saturated carbocycles. The summed E-state index contributed by atoms with van der Waals surface area (Å²) in [6.45, 7) is 2.59. The molecule has 1 fully saturated rings. The Balaban J connectivity index is 1.55. The van der Waals surface area contributed by atoms with Crippen molar-refractivity contribution in [1.29, 1.82) is 0 Å². The lowest BCUT2D eigenvalue weighted by Gasteiger charge is -2.24. The molecule has 1 aliphatic heterocycles. The Morgan fingerprint density at radius 3 is 2.68 bits per heavy atom. The number of carbonyl (C=O) groups excluding carboxylic acids is 1. The second kappa shape index (κ2) is 7.87. The maximum Gasteiger partial charge on any atom is 0.255 e. The summed E-state index contributed by atoms with van der Waals surface area (Å²) in [5.74, 6) is 1.36. The van der Waals surface area contributed by atoms with E-state index >= 15 is 0 Å². The first-order chi connectivity index (χ1) is 15.2. The Labute approximate surface area is 180 Å². The van der Waals surface area contributed by atoms with E-state index in [0.717, 1.165) is 46.2 Å². The van der Waals surface area contributed by atoms with Crippen LogP contribution in [0.25, 0.3) is 21.9 Å². The molecule has 1 atom stereocenters. The van der Waals surface area contributed by atoms with E-state index in [1.54, 1.807) is 13.3 Å². The summed E-state index contributed by atoms with van der Waals surface area (Å²) in [5.41, 5.74) is 3.54. The van der Waals surface area contributed by atoms with Crippen molar-refractivity contribution >= 4 is 16.7 Å². The van der Waals surface area contributed by atoms with Crippen molar-refractivity contribution in [3.8, 4) is 17.0 Å². The number of ether oxygens (including phenoxy) is 1. The van der Waals surface area contributed by atoms with Gasteiger partial charge in [-0.05, 0) is 48.2 Å². The SMILES string of the molecule is COc1ccc(-c2ccc(C(=O)N3CCCC3c3cc(C)on3)c3ccccc23)cn1. The molecular formula is C25H23N3O3. The second-order valence-electron chi connectivity index (χ2n) is 7.81. The topological polar surface area (TPSA) is 68.5 Å². The van der Waals surface area contributed by atoms with Crippen molar-refractivity contribution < 1.29 is 14.1 Å². The number of rotatable bonds is 4. The van der Waals surface area contributed by atoms with Crippen LogP contribution < -0.4 is 4.74 Å². The zero-order valence-electron chi connectivity index (χ0n) is 17.5. The zero-order chi connectivity index (χ0) is 21.4. The van der Waals surface area contributed by atoms with Crippen molar-refractivity contribution in [2.75, 3.05) is 13.7 Å². The molecule has 0 radical (unpaired) electrons. The van der Waals surface area contributed by atoms with E-state index in [-0.39, 0.29) is 11.9 Å². The van der Waals surface area contributed by atoms with Crippen LogP contribution in [0.2, 0.25) is 0 Å². The predicted molar refractivity (Wildman–Crippen MR) is 118 cm³/mol. The van der Waals surface area contributed by atoms with Gasteiger partial charge in [0.2, 0.25) is 5.88 Å². The molecule has 31 heavy (non-hydrogen) atoms. The molecule has 2 aromatic heterocycles. The standard InChI is InChI=1S/C25H23N3O3/c1-16-14-22(27-31-16)23-8-5-13-28(23)25(29)21-11-10-18(19-6-3-4-7-20(19)21)17-9-12-24(30-2)26-15-17/h3-4,6-7,9-12,14-15,23H,5,8,13H2,1-2H3. The fraction of sp³-hybridized carbons (Fsp3) is 0.240. The minimum absolute atomic E-state index is 0.0266. The number of aryl methyl sites for hydroxylation is 1. The van der Waals surface area contributed by atoms with Gasteiger partial charge >= 0.3 is 0 Å². The highest BCUT2D eigenvalue weighted by molar-refractivity contribution is 6.11. The molecular weight excluding hydrogens is 390 g/mol. The van der Waals surface area contributed by atoms with Crippen LogP contribution in [-0.4, -0.2) is 34.6 Å². The molecule has 3 heterocycles. The number of hydrogen-bond donors (Lipinski definition) is 0. The number of pyridine rings is 1. The first-order valence-corrected chi connectivity index (χ1v) is 10.4. The molecule has 1 saturated heterocycles. The molecule has 0 spiro atoms. The van der Waals surface area contributed by atoms with Gasteiger partial charge in [0.05, 0.1) is 13.2 Å². The number of benzene rings is 2. The molecule has 0 aliphatic carbocycles. The van der Waals surface area contributed by atoms with Crippen LogP contribution in [0.5, 0.6) is 5.88 Å². The van der Waals surface area contributed by atoms with E-state index in [4.69, 9.17) is 9.26 Å². The minimum Gasteiger partial charge on any atom is -0.481 e. The zero-order valence-corrected chi connectivity index (χ0v) is 17.5. The normalized spacial score (nSPS) is 16.1. The lowest BCUT2D eigenvalue weighted by atomic mass is 9.95. The number of amides is 1. The van der Waals surface area contributed by atoms with Crippen LogP contribution >= 0.6 is 0 Å². The summed E-state index contributed by atoms with van der Waals surface area (Å²) in [7, 11) is 1.60. The molecule has 1 unspecified atom stereocenters. The van der Waals surface area contributed by atoms with E-state index < -0.39 is 0 Å². The summed E-state index contributed by atoms with van der Waals surface area (Å²) < 4.78 is 10.4. The van der Waals surface area contributed by atoms with Crippen LogP contribution in [-0.2, 0) is 0 Å². The van der Waals surface area contributed by atoms with Crippen molar-refractivity contribution in [1.82, 2.24) is 15.0 Å². The van der Waals surface area contributed by atoms with Crippen molar-refractivity contribution in [2.24, 2.45) is 0 Å². The molecule has 1 amide bonds. The highest BCUT2D eigenvalue weighted by Gasteiger charge is 2.33. The van der Waals surface area contributed by atoms with Crippen LogP contribution in [0, 0.1) is 6.92 Å². The molecule has 2 aromatic carbocycles. The summed E-state index contributed by atoms with van der Waals surface area (Å²) in [4.78, 5) is 19.9. The van der Waals surface area contributed by atoms with Gasteiger partial charge in [-0.3, -0.25) is 4.79 Å². The summed E-state index contributed by atoms with van der Waals surface area (Å²) in [6, 6.07) is 17.7. The Bertz CT molecular complexity index is 1250. The Morgan fingerprint density at radius 2 is 1.97 bits per heavy atom. The third-order valence-electron chi connectivity index (χ3n) is 5.91. The maximum absolute atomic E-state index is 13.6. The predicted octanol–water partition coefficient (Wildman–Crippen LogP) is 5.18. The molecule has 156 valence electrons. The van der Waals surface area contributed by atoms with Gasteiger partial charge in [-0.15, -0.1) is 0 Å². The Hall–Kier alpha value is -3.67. The molecule has 4 aromatic rings. The Kier molecular flexibility index (Phi) is 4.90. The number of methoxy groups -OCH3 is 1. The average Bonchev–Trinajstić information content (AvgIpc) is 3.47. The highest BCUT2D eigenvalue weighted by atomic mass is 16.5. The number of fused-ring (bicyclic) bond motifs is 1. The molecule has 6 heteroatoms. The maximum atomic E-state index is 13.6. The first kappa shape index (κ1) is 19.3. The third-order valence-corrected chi connectivity index (χ3v) is 5.91. The van der Waals surface area contributed by atoms with Gasteiger partial charge in [0.1, 0.15) is 11.5 Å². The van der Waals surface area contributed by atoms with E-state index in [2.05, 4.69) is 10.1 Å². The second-order valence-corrected chi connectivity index (χ2v) is 7.81. The van der Waals surface area contributed by atoms with Gasteiger partial charge in [0, 0.05) is 36.0 Å². The molecule has 1 aliphatic rings. The van der Waals surface area contributed by atoms with Gasteiger partial charge < -0.3 is 14.2 Å². The van der Waals surface area contributed by atoms with E-state index in [9.17, 15) is 4.79 Å². The lowest BCUT2D eigenvalue weighted by Crippen LogP contribution is -2.30. The van der Waals surface area contributed by atoms with Gasteiger partial charge in [-0.2, -0.15) is 0 Å². The van der Waals surface area contributed by atoms with Gasteiger partial charge in [0.15, 0.2) is 0 Å². The van der Waals surface area contributed by atoms with Gasteiger partial charge in [-0.1, -0.05) is 35.5 Å². The molecule has 0 N–H and O–H groups in total. The number of aromatic nitrogens is 2. The van der Waals surface area contributed by atoms with Crippen LogP contribution in [0.15, 0.2) is 65.3 Å². The van der Waals surface area contributed by atoms with Gasteiger partial charge in [-0.25, -0.2) is 4.98 Å². The molecule has 5 rings (SSSR count). The fourth-order valence-corrected chi connectivity index (χ4v) is 4.41. The average molecular weight is 413 g/mol. The van der Waals surface area contributed by atoms with Crippen LogP contribution in [0.4, 0.5) is 0 Å².